The molecule has 0 spiro atoms. The second-order valence-electron chi connectivity index (χ2n) is 10.7. The van der Waals surface area contributed by atoms with E-state index in [1.165, 1.54) is 0 Å². The smallest absolute Gasteiger partial charge is 0.410 e. The minimum atomic E-state index is -1.77. The van der Waals surface area contributed by atoms with Crippen LogP contribution in [0.2, 0.25) is 18.1 Å². The molecule has 5 nitrogen and oxygen atoms in total. The summed E-state index contributed by atoms with van der Waals surface area (Å²) in [5, 5.41) is 3.40. The quantitative estimate of drug-likeness (QED) is 0.432. The first kappa shape index (κ1) is 26.1. The number of rotatable bonds is 8. The Balaban J connectivity index is 2.68. The van der Waals surface area contributed by atoms with Crippen molar-refractivity contribution >= 4 is 25.7 Å². The van der Waals surface area contributed by atoms with Crippen molar-refractivity contribution in [3.05, 3.63) is 16.1 Å². The van der Waals surface area contributed by atoms with Crippen molar-refractivity contribution in [3.8, 4) is 0 Å². The summed E-state index contributed by atoms with van der Waals surface area (Å²) in [6.45, 7) is 21.8. The van der Waals surface area contributed by atoms with Crippen LogP contribution < -0.4 is 0 Å². The van der Waals surface area contributed by atoms with Crippen LogP contribution in [0.4, 0.5) is 4.79 Å². The zero-order valence-corrected chi connectivity index (χ0v) is 22.2. The number of nitrogens with zero attached hydrogens (tertiary/aromatic N) is 2. The maximum Gasteiger partial charge on any atom is 0.410 e. The molecule has 29 heavy (non-hydrogen) atoms. The number of thiazole rings is 1. The molecule has 0 aliphatic carbocycles. The lowest BCUT2D eigenvalue weighted by molar-refractivity contribution is 0.0170. The Morgan fingerprint density at radius 3 is 2.28 bits per heavy atom. The Morgan fingerprint density at radius 2 is 1.79 bits per heavy atom. The first-order chi connectivity index (χ1) is 13.0. The van der Waals surface area contributed by atoms with Gasteiger partial charge in [0.2, 0.25) is 0 Å². The number of ether oxygens (including phenoxy) is 1. The first-order valence-electron chi connectivity index (χ1n) is 10.6. The fourth-order valence-electron chi connectivity index (χ4n) is 2.72. The Morgan fingerprint density at radius 1 is 1.21 bits per heavy atom. The van der Waals surface area contributed by atoms with Gasteiger partial charge in [-0.05, 0) is 51.2 Å². The van der Waals surface area contributed by atoms with Gasteiger partial charge in [-0.3, -0.25) is 0 Å². The van der Waals surface area contributed by atoms with E-state index in [0.29, 0.717) is 12.5 Å². The van der Waals surface area contributed by atoms with Gasteiger partial charge in [-0.2, -0.15) is 0 Å². The summed E-state index contributed by atoms with van der Waals surface area (Å²) in [6, 6.07) is 0.112. The van der Waals surface area contributed by atoms with E-state index in [0.717, 1.165) is 23.5 Å². The summed E-state index contributed by atoms with van der Waals surface area (Å²) in [4.78, 5) is 19.0. The molecule has 1 aromatic heterocycles. The molecule has 0 N–H and O–H groups in total. The van der Waals surface area contributed by atoms with Crippen LogP contribution in [-0.2, 0) is 22.2 Å². The molecule has 0 saturated carbocycles. The lowest BCUT2D eigenvalue weighted by Crippen LogP contribution is -2.43. The third-order valence-corrected chi connectivity index (χ3v) is 11.0. The third kappa shape index (κ3) is 8.38. The van der Waals surface area contributed by atoms with E-state index in [1.807, 2.05) is 27.8 Å². The summed E-state index contributed by atoms with van der Waals surface area (Å²) in [5.41, 5.74) is 0.526. The predicted molar refractivity (Wildman–Crippen MR) is 125 cm³/mol. The number of aromatic nitrogens is 1. The van der Waals surface area contributed by atoms with E-state index in [-0.39, 0.29) is 17.2 Å². The lowest BCUT2D eigenvalue weighted by Gasteiger charge is -2.35. The molecule has 1 heterocycles. The average Bonchev–Trinajstić information content (AvgIpc) is 2.98. The molecular formula is C22H42N2O3SSi. The van der Waals surface area contributed by atoms with Crippen LogP contribution >= 0.6 is 11.3 Å². The van der Waals surface area contributed by atoms with E-state index in [4.69, 9.17) is 14.1 Å². The Bertz CT molecular complexity index is 660. The van der Waals surface area contributed by atoms with Crippen molar-refractivity contribution < 1.29 is 14.0 Å². The molecule has 1 amide bonds. The topological polar surface area (TPSA) is 51.7 Å². The van der Waals surface area contributed by atoms with Gasteiger partial charge in [0, 0.05) is 24.9 Å². The largest absolute Gasteiger partial charge is 0.444 e. The molecule has 0 saturated heterocycles. The monoisotopic (exact) mass is 442 g/mol. The molecule has 0 unspecified atom stereocenters. The standard InChI is InChI=1S/C22H42N2O3SSi/c1-16(2)18(24(9)20(25)27-21(3,4)5)12-13-19-23-17(15-28-19)14-26-29(10,11)22(6,7)8/h15-16,18H,12-14H2,1-11H3/t18-/m1/s1. The molecule has 0 radical (unpaired) electrons. The molecule has 1 aromatic rings. The fraction of sp³-hybridized carbons (Fsp3) is 0.818. The summed E-state index contributed by atoms with van der Waals surface area (Å²) >= 11 is 1.68. The predicted octanol–water partition coefficient (Wildman–Crippen LogP) is 6.49. The molecular weight excluding hydrogens is 400 g/mol. The van der Waals surface area contributed by atoms with Gasteiger partial charge in [-0.25, -0.2) is 9.78 Å². The zero-order valence-electron chi connectivity index (χ0n) is 20.4. The van der Waals surface area contributed by atoms with Crippen molar-refractivity contribution in [3.63, 3.8) is 0 Å². The van der Waals surface area contributed by atoms with E-state index >= 15 is 0 Å². The maximum absolute atomic E-state index is 12.5. The number of hydrogen-bond donors (Lipinski definition) is 0. The number of carbonyl (C=O) groups is 1. The minimum absolute atomic E-state index is 0.112. The van der Waals surface area contributed by atoms with E-state index in [2.05, 4.69) is 53.1 Å². The first-order valence-corrected chi connectivity index (χ1v) is 14.4. The van der Waals surface area contributed by atoms with Gasteiger partial charge in [-0.1, -0.05) is 34.6 Å². The van der Waals surface area contributed by atoms with Crippen LogP contribution in [0.5, 0.6) is 0 Å². The van der Waals surface area contributed by atoms with Gasteiger partial charge in [0.25, 0.3) is 0 Å². The van der Waals surface area contributed by atoms with Crippen LogP contribution in [0, 0.1) is 5.92 Å². The zero-order chi connectivity index (χ0) is 22.6. The van der Waals surface area contributed by atoms with Crippen molar-refractivity contribution in [2.24, 2.45) is 5.92 Å². The summed E-state index contributed by atoms with van der Waals surface area (Å²) in [5.74, 6) is 0.342. The number of carbonyl (C=O) groups excluding carboxylic acids is 1. The van der Waals surface area contributed by atoms with E-state index < -0.39 is 13.9 Å². The van der Waals surface area contributed by atoms with Crippen LogP contribution in [0.3, 0.4) is 0 Å². The summed E-state index contributed by atoms with van der Waals surface area (Å²) < 4.78 is 11.8. The summed E-state index contributed by atoms with van der Waals surface area (Å²) in [7, 11) is 0.0620. The second-order valence-corrected chi connectivity index (χ2v) is 16.5. The van der Waals surface area contributed by atoms with Gasteiger partial charge in [-0.15, -0.1) is 11.3 Å². The highest BCUT2D eigenvalue weighted by atomic mass is 32.1. The normalized spacial score (nSPS) is 14.2. The van der Waals surface area contributed by atoms with E-state index in [1.54, 1.807) is 16.2 Å². The van der Waals surface area contributed by atoms with Crippen LogP contribution in [-0.4, -0.2) is 43.0 Å². The third-order valence-electron chi connectivity index (χ3n) is 5.59. The maximum atomic E-state index is 12.5. The van der Waals surface area contributed by atoms with Crippen LogP contribution in [0.1, 0.15) is 72.5 Å². The van der Waals surface area contributed by atoms with Gasteiger partial charge in [0.15, 0.2) is 8.32 Å². The summed E-state index contributed by atoms with van der Waals surface area (Å²) in [6.07, 6.45) is 1.45. The molecule has 0 fully saturated rings. The van der Waals surface area contributed by atoms with Crippen molar-refractivity contribution in [2.45, 2.75) is 105 Å². The lowest BCUT2D eigenvalue weighted by atomic mass is 9.98. The number of amides is 1. The minimum Gasteiger partial charge on any atom is -0.444 e. The van der Waals surface area contributed by atoms with Gasteiger partial charge < -0.3 is 14.1 Å². The van der Waals surface area contributed by atoms with Crippen molar-refractivity contribution in [2.75, 3.05) is 7.05 Å². The van der Waals surface area contributed by atoms with E-state index in [9.17, 15) is 4.79 Å². The van der Waals surface area contributed by atoms with Gasteiger partial charge >= 0.3 is 6.09 Å². The highest BCUT2D eigenvalue weighted by molar-refractivity contribution is 7.09. The Hall–Kier alpha value is -0.923. The molecule has 0 aliphatic rings. The highest BCUT2D eigenvalue weighted by Crippen LogP contribution is 2.37. The van der Waals surface area contributed by atoms with Gasteiger partial charge in [0.05, 0.1) is 17.3 Å². The van der Waals surface area contributed by atoms with Crippen LogP contribution in [0.25, 0.3) is 0 Å². The number of aryl methyl sites for hydroxylation is 1. The molecule has 0 aliphatic heterocycles. The molecule has 0 bridgehead atoms. The highest BCUT2D eigenvalue weighted by Gasteiger charge is 2.37. The molecule has 1 rings (SSSR count). The average molecular weight is 443 g/mol. The molecule has 1 atom stereocenters. The SMILES string of the molecule is CC(C)[C@@H](CCc1nc(CO[Si](C)(C)C(C)(C)C)cs1)N(C)C(=O)OC(C)(C)C. The van der Waals surface area contributed by atoms with Crippen LogP contribution in [0.15, 0.2) is 5.38 Å². The fourth-order valence-corrected chi connectivity index (χ4v) is 4.46. The number of hydrogen-bond acceptors (Lipinski definition) is 5. The molecule has 168 valence electrons. The molecule has 0 aromatic carbocycles. The van der Waals surface area contributed by atoms with Crippen molar-refractivity contribution in [1.82, 2.24) is 9.88 Å². The Labute approximate surface area is 183 Å². The van der Waals surface area contributed by atoms with Gasteiger partial charge in [0.1, 0.15) is 5.60 Å². The van der Waals surface area contributed by atoms with Crippen molar-refractivity contribution in [1.29, 1.82) is 0 Å². The Kier molecular flexibility index (Phi) is 8.93. The molecule has 7 heteroatoms. The second kappa shape index (κ2) is 9.92.